The summed E-state index contributed by atoms with van der Waals surface area (Å²) >= 11 is 5.83. The van der Waals surface area contributed by atoms with E-state index in [1.165, 1.54) is 12.1 Å². The van der Waals surface area contributed by atoms with Gasteiger partial charge in [0.1, 0.15) is 11.6 Å². The lowest BCUT2D eigenvalue weighted by Gasteiger charge is -2.18. The van der Waals surface area contributed by atoms with Gasteiger partial charge in [0.15, 0.2) is 0 Å². The number of aryl methyl sites for hydroxylation is 1. The Hall–Kier alpha value is -1.45. The van der Waals surface area contributed by atoms with Gasteiger partial charge in [-0.15, -0.1) is 0 Å². The topological polar surface area (TPSA) is 12.0 Å². The van der Waals surface area contributed by atoms with Crippen LogP contribution in [-0.4, -0.2) is 7.05 Å². The molecular weight excluding hydrogens is 268 g/mol. The number of hydrogen-bond donors (Lipinski definition) is 1. The third-order valence-corrected chi connectivity index (χ3v) is 3.33. The van der Waals surface area contributed by atoms with Crippen LogP contribution in [0.4, 0.5) is 8.78 Å². The van der Waals surface area contributed by atoms with E-state index in [9.17, 15) is 8.78 Å². The lowest BCUT2D eigenvalue weighted by Crippen LogP contribution is -2.19. The molecular formula is C15H14ClF2N. The zero-order valence-electron chi connectivity index (χ0n) is 10.7. The van der Waals surface area contributed by atoms with Crippen LogP contribution in [-0.2, 0) is 0 Å². The molecule has 2 aromatic carbocycles. The fourth-order valence-corrected chi connectivity index (χ4v) is 2.17. The number of benzene rings is 2. The van der Waals surface area contributed by atoms with Gasteiger partial charge in [0.05, 0.1) is 6.04 Å². The number of halogens is 3. The molecule has 2 rings (SSSR count). The summed E-state index contributed by atoms with van der Waals surface area (Å²) in [6, 6.07) is 9.08. The molecule has 100 valence electrons. The SMILES string of the molecule is CNC(c1ccc(Cl)cc1)c1cc(F)c(C)cc1F. The quantitative estimate of drug-likeness (QED) is 0.887. The molecule has 1 nitrogen and oxygen atoms in total. The molecule has 0 saturated carbocycles. The molecule has 0 bridgehead atoms. The third-order valence-electron chi connectivity index (χ3n) is 3.08. The van der Waals surface area contributed by atoms with Crippen LogP contribution in [0.2, 0.25) is 5.02 Å². The summed E-state index contributed by atoms with van der Waals surface area (Å²) in [5, 5.41) is 3.60. The minimum absolute atomic E-state index is 0.285. The van der Waals surface area contributed by atoms with E-state index >= 15 is 0 Å². The standard InChI is InChI=1S/C15H14ClF2N/c1-9-7-14(18)12(8-13(9)17)15(19-2)10-3-5-11(16)6-4-10/h3-8,15,19H,1-2H3. The maximum atomic E-state index is 14.0. The Kier molecular flexibility index (Phi) is 4.17. The van der Waals surface area contributed by atoms with E-state index in [2.05, 4.69) is 5.32 Å². The predicted octanol–water partition coefficient (Wildman–Crippen LogP) is 4.24. The highest BCUT2D eigenvalue weighted by molar-refractivity contribution is 6.30. The van der Waals surface area contributed by atoms with Crippen LogP contribution in [0.15, 0.2) is 36.4 Å². The van der Waals surface area contributed by atoms with Crippen molar-refractivity contribution in [3.05, 3.63) is 69.7 Å². The van der Waals surface area contributed by atoms with E-state index in [-0.39, 0.29) is 5.56 Å². The van der Waals surface area contributed by atoms with Crippen molar-refractivity contribution >= 4 is 11.6 Å². The molecule has 19 heavy (non-hydrogen) atoms. The van der Waals surface area contributed by atoms with Crippen molar-refractivity contribution in [1.82, 2.24) is 5.32 Å². The fourth-order valence-electron chi connectivity index (χ4n) is 2.04. The molecule has 0 aromatic heterocycles. The number of rotatable bonds is 3. The van der Waals surface area contributed by atoms with E-state index in [0.717, 1.165) is 5.56 Å². The second-order valence-electron chi connectivity index (χ2n) is 4.40. The molecule has 0 amide bonds. The molecule has 4 heteroatoms. The van der Waals surface area contributed by atoms with Crippen molar-refractivity contribution in [2.24, 2.45) is 0 Å². The van der Waals surface area contributed by atoms with Gasteiger partial charge in [-0.1, -0.05) is 23.7 Å². The summed E-state index contributed by atoms with van der Waals surface area (Å²) in [7, 11) is 1.70. The van der Waals surface area contributed by atoms with E-state index in [4.69, 9.17) is 11.6 Å². The van der Waals surface area contributed by atoms with Gasteiger partial charge < -0.3 is 5.32 Å². The maximum absolute atomic E-state index is 14.0. The molecule has 0 spiro atoms. The Morgan fingerprint density at radius 2 is 1.68 bits per heavy atom. The molecule has 1 atom stereocenters. The van der Waals surface area contributed by atoms with Gasteiger partial charge in [-0.05, 0) is 49.4 Å². The van der Waals surface area contributed by atoms with Crippen molar-refractivity contribution < 1.29 is 8.78 Å². The Labute approximate surface area is 116 Å². The van der Waals surface area contributed by atoms with Gasteiger partial charge in [-0.25, -0.2) is 8.78 Å². The summed E-state index contributed by atoms with van der Waals surface area (Å²) in [5.41, 5.74) is 1.41. The molecule has 2 aromatic rings. The first-order valence-corrected chi connectivity index (χ1v) is 6.29. The van der Waals surface area contributed by atoms with Gasteiger partial charge in [0.2, 0.25) is 0 Å². The van der Waals surface area contributed by atoms with Gasteiger partial charge in [0.25, 0.3) is 0 Å². The zero-order valence-corrected chi connectivity index (χ0v) is 11.4. The molecule has 0 aliphatic heterocycles. The smallest absolute Gasteiger partial charge is 0.128 e. The molecule has 0 aliphatic rings. The van der Waals surface area contributed by atoms with Crippen LogP contribution in [0, 0.1) is 18.6 Å². The Morgan fingerprint density at radius 3 is 2.26 bits per heavy atom. The van der Waals surface area contributed by atoms with Gasteiger partial charge in [-0.3, -0.25) is 0 Å². The van der Waals surface area contributed by atoms with Crippen LogP contribution < -0.4 is 5.32 Å². The number of hydrogen-bond acceptors (Lipinski definition) is 1. The predicted molar refractivity (Wildman–Crippen MR) is 73.4 cm³/mol. The lowest BCUT2D eigenvalue weighted by atomic mass is 9.97. The largest absolute Gasteiger partial charge is 0.309 e. The second-order valence-corrected chi connectivity index (χ2v) is 4.83. The molecule has 0 fully saturated rings. The normalized spacial score (nSPS) is 12.5. The summed E-state index contributed by atoms with van der Waals surface area (Å²) in [4.78, 5) is 0. The zero-order chi connectivity index (χ0) is 14.0. The van der Waals surface area contributed by atoms with Crippen LogP contribution in [0.5, 0.6) is 0 Å². The van der Waals surface area contributed by atoms with E-state index in [1.54, 1.807) is 38.2 Å². The average Bonchev–Trinajstić information content (AvgIpc) is 2.38. The lowest BCUT2D eigenvalue weighted by molar-refractivity contribution is 0.553. The van der Waals surface area contributed by atoms with E-state index in [1.807, 2.05) is 0 Å². The van der Waals surface area contributed by atoms with E-state index in [0.29, 0.717) is 10.6 Å². The van der Waals surface area contributed by atoms with Crippen LogP contribution in [0.1, 0.15) is 22.7 Å². The summed E-state index contributed by atoms with van der Waals surface area (Å²) in [6.45, 7) is 1.54. The molecule has 0 aliphatic carbocycles. The molecule has 0 radical (unpaired) electrons. The number of nitrogens with one attached hydrogen (secondary N) is 1. The van der Waals surface area contributed by atoms with E-state index < -0.39 is 17.7 Å². The second kappa shape index (κ2) is 5.68. The monoisotopic (exact) mass is 281 g/mol. The summed E-state index contributed by atoms with van der Waals surface area (Å²) in [6.07, 6.45) is 0. The molecule has 0 heterocycles. The van der Waals surface area contributed by atoms with Gasteiger partial charge in [-0.2, -0.15) is 0 Å². The van der Waals surface area contributed by atoms with Crippen LogP contribution in [0.3, 0.4) is 0 Å². The first-order chi connectivity index (χ1) is 9.02. The Morgan fingerprint density at radius 1 is 1.05 bits per heavy atom. The summed E-state index contributed by atoms with van der Waals surface area (Å²) < 4.78 is 27.6. The summed E-state index contributed by atoms with van der Waals surface area (Å²) in [5.74, 6) is -0.834. The van der Waals surface area contributed by atoms with Gasteiger partial charge >= 0.3 is 0 Å². The molecule has 0 saturated heterocycles. The molecule has 1 unspecified atom stereocenters. The van der Waals surface area contributed by atoms with Crippen molar-refractivity contribution in [3.63, 3.8) is 0 Å². The molecule has 1 N–H and O–H groups in total. The first kappa shape index (κ1) is 14.0. The third kappa shape index (κ3) is 2.94. The van der Waals surface area contributed by atoms with Crippen molar-refractivity contribution in [1.29, 1.82) is 0 Å². The Balaban J connectivity index is 2.47. The van der Waals surface area contributed by atoms with Crippen LogP contribution in [0.25, 0.3) is 0 Å². The minimum Gasteiger partial charge on any atom is -0.309 e. The van der Waals surface area contributed by atoms with Crippen molar-refractivity contribution in [2.75, 3.05) is 7.05 Å². The highest BCUT2D eigenvalue weighted by atomic mass is 35.5. The van der Waals surface area contributed by atoms with Gasteiger partial charge in [0, 0.05) is 10.6 Å². The fraction of sp³-hybridized carbons (Fsp3) is 0.200. The first-order valence-electron chi connectivity index (χ1n) is 5.91. The highest BCUT2D eigenvalue weighted by Crippen LogP contribution is 2.27. The van der Waals surface area contributed by atoms with Crippen molar-refractivity contribution in [3.8, 4) is 0 Å². The highest BCUT2D eigenvalue weighted by Gasteiger charge is 2.18. The minimum atomic E-state index is -0.423. The van der Waals surface area contributed by atoms with Crippen molar-refractivity contribution in [2.45, 2.75) is 13.0 Å². The van der Waals surface area contributed by atoms with Crippen LogP contribution >= 0.6 is 11.6 Å². The average molecular weight is 282 g/mol. The Bertz CT molecular complexity index is 581. The maximum Gasteiger partial charge on any atom is 0.128 e.